The molecule has 1 aromatic rings. The van der Waals surface area contributed by atoms with Crippen molar-refractivity contribution >= 4 is 11.6 Å². The summed E-state index contributed by atoms with van der Waals surface area (Å²) in [4.78, 5) is 4.03. The number of hydrazine groups is 1. The predicted octanol–water partition coefficient (Wildman–Crippen LogP) is 3.77. The predicted molar refractivity (Wildman–Crippen MR) is 76.7 cm³/mol. The first-order chi connectivity index (χ1) is 9.82. The number of anilines is 2. The standard InChI is InChI=1S/C14H21F3N4/c1-13(5-3-2-4-6-13)9-19-11-7-10(14(15,16)17)8-12(20-11)21-18/h7-8H,2-6,9,18H2,1H3,(H2,19,20,21). The van der Waals surface area contributed by atoms with Crippen LogP contribution in [0.3, 0.4) is 0 Å². The molecule has 1 aromatic heterocycles. The van der Waals surface area contributed by atoms with Gasteiger partial charge in [-0.1, -0.05) is 26.2 Å². The van der Waals surface area contributed by atoms with E-state index < -0.39 is 11.7 Å². The van der Waals surface area contributed by atoms with Crippen LogP contribution in [0, 0.1) is 5.41 Å². The Morgan fingerprint density at radius 3 is 2.38 bits per heavy atom. The molecule has 1 saturated carbocycles. The maximum Gasteiger partial charge on any atom is 0.416 e. The maximum atomic E-state index is 12.8. The Balaban J connectivity index is 2.12. The normalized spacial score (nSPS) is 18.3. The Hall–Kier alpha value is -1.50. The van der Waals surface area contributed by atoms with Gasteiger partial charge in [-0.05, 0) is 30.4 Å². The lowest BCUT2D eigenvalue weighted by Gasteiger charge is -2.33. The molecule has 0 saturated heterocycles. The quantitative estimate of drug-likeness (QED) is 0.585. The number of nitrogens with zero attached hydrogens (tertiary/aromatic N) is 1. The maximum absolute atomic E-state index is 12.8. The van der Waals surface area contributed by atoms with E-state index in [1.165, 1.54) is 19.3 Å². The van der Waals surface area contributed by atoms with Gasteiger partial charge in [0.05, 0.1) is 5.56 Å². The first-order valence-corrected chi connectivity index (χ1v) is 7.12. The van der Waals surface area contributed by atoms with E-state index in [4.69, 9.17) is 5.84 Å². The number of rotatable bonds is 4. The zero-order valence-corrected chi connectivity index (χ0v) is 12.1. The highest BCUT2D eigenvalue weighted by molar-refractivity contribution is 5.49. The molecule has 0 atom stereocenters. The van der Waals surface area contributed by atoms with Crippen molar-refractivity contribution in [2.45, 2.75) is 45.2 Å². The van der Waals surface area contributed by atoms with Crippen LogP contribution in [0.15, 0.2) is 12.1 Å². The van der Waals surface area contributed by atoms with E-state index in [-0.39, 0.29) is 17.1 Å². The molecule has 118 valence electrons. The number of nitrogens with two attached hydrogens (primary N) is 1. The first kappa shape index (κ1) is 15.9. The summed E-state index contributed by atoms with van der Waals surface area (Å²) < 4.78 is 38.5. The van der Waals surface area contributed by atoms with E-state index in [2.05, 4.69) is 22.7 Å². The molecule has 0 unspecified atom stereocenters. The van der Waals surface area contributed by atoms with Gasteiger partial charge < -0.3 is 10.7 Å². The topological polar surface area (TPSA) is 63.0 Å². The molecule has 1 aliphatic carbocycles. The van der Waals surface area contributed by atoms with E-state index in [1.807, 2.05) is 0 Å². The van der Waals surface area contributed by atoms with Crippen LogP contribution in [-0.4, -0.2) is 11.5 Å². The fraction of sp³-hybridized carbons (Fsp3) is 0.643. The molecule has 2 rings (SSSR count). The van der Waals surface area contributed by atoms with Gasteiger partial charge in [-0.25, -0.2) is 10.8 Å². The summed E-state index contributed by atoms with van der Waals surface area (Å²) in [6.45, 7) is 2.78. The molecule has 1 aliphatic rings. The number of aromatic nitrogens is 1. The number of nitrogens with one attached hydrogen (secondary N) is 2. The minimum absolute atomic E-state index is 0.00104. The van der Waals surface area contributed by atoms with Crippen molar-refractivity contribution in [2.24, 2.45) is 11.3 Å². The monoisotopic (exact) mass is 302 g/mol. The molecular formula is C14H21F3N4. The largest absolute Gasteiger partial charge is 0.416 e. The Morgan fingerprint density at radius 2 is 1.81 bits per heavy atom. The summed E-state index contributed by atoms with van der Waals surface area (Å²) in [6.07, 6.45) is 1.33. The number of hydrogen-bond acceptors (Lipinski definition) is 4. The lowest BCUT2D eigenvalue weighted by molar-refractivity contribution is -0.137. The number of nitrogen functional groups attached to an aromatic ring is 1. The Bertz CT molecular complexity index is 482. The minimum Gasteiger partial charge on any atom is -0.369 e. The van der Waals surface area contributed by atoms with Gasteiger partial charge in [0, 0.05) is 6.54 Å². The fourth-order valence-electron chi connectivity index (χ4n) is 2.74. The third-order valence-corrected chi connectivity index (χ3v) is 4.06. The molecule has 0 spiro atoms. The smallest absolute Gasteiger partial charge is 0.369 e. The highest BCUT2D eigenvalue weighted by atomic mass is 19.4. The number of pyridine rings is 1. The van der Waals surface area contributed by atoms with Crippen LogP contribution in [0.1, 0.15) is 44.6 Å². The highest BCUT2D eigenvalue weighted by Crippen LogP contribution is 2.36. The van der Waals surface area contributed by atoms with Crippen LogP contribution in [0.5, 0.6) is 0 Å². The van der Waals surface area contributed by atoms with Gasteiger partial charge >= 0.3 is 6.18 Å². The van der Waals surface area contributed by atoms with Gasteiger partial charge in [0.15, 0.2) is 0 Å². The van der Waals surface area contributed by atoms with Gasteiger partial charge in [0.2, 0.25) is 0 Å². The summed E-state index contributed by atoms with van der Waals surface area (Å²) >= 11 is 0. The van der Waals surface area contributed by atoms with Gasteiger partial charge in [-0.3, -0.25) is 0 Å². The molecule has 0 radical (unpaired) electrons. The van der Waals surface area contributed by atoms with E-state index in [9.17, 15) is 13.2 Å². The highest BCUT2D eigenvalue weighted by Gasteiger charge is 2.32. The molecule has 21 heavy (non-hydrogen) atoms. The SMILES string of the molecule is CC1(CNc2cc(C(F)(F)F)cc(NN)n2)CCCCC1. The third kappa shape index (κ3) is 4.23. The molecule has 0 aliphatic heterocycles. The zero-order chi connectivity index (χ0) is 15.5. The second-order valence-corrected chi connectivity index (χ2v) is 5.99. The van der Waals surface area contributed by atoms with Crippen molar-refractivity contribution in [2.75, 3.05) is 17.3 Å². The molecule has 0 aromatic carbocycles. The van der Waals surface area contributed by atoms with Crippen LogP contribution in [0.25, 0.3) is 0 Å². The van der Waals surface area contributed by atoms with Crippen molar-refractivity contribution in [3.63, 3.8) is 0 Å². The second-order valence-electron chi connectivity index (χ2n) is 5.99. The average molecular weight is 302 g/mol. The van der Waals surface area contributed by atoms with Crippen LogP contribution < -0.4 is 16.6 Å². The van der Waals surface area contributed by atoms with E-state index in [0.29, 0.717) is 6.54 Å². The summed E-state index contributed by atoms with van der Waals surface area (Å²) in [5.41, 5.74) is 1.53. The van der Waals surface area contributed by atoms with Crippen molar-refractivity contribution in [3.8, 4) is 0 Å². The first-order valence-electron chi connectivity index (χ1n) is 7.12. The molecule has 1 heterocycles. The van der Waals surface area contributed by atoms with Crippen LogP contribution in [-0.2, 0) is 6.18 Å². The van der Waals surface area contributed by atoms with Crippen molar-refractivity contribution in [1.29, 1.82) is 0 Å². The van der Waals surface area contributed by atoms with Gasteiger partial charge in [0.1, 0.15) is 11.6 Å². The van der Waals surface area contributed by atoms with Gasteiger partial charge in [-0.2, -0.15) is 13.2 Å². The van der Waals surface area contributed by atoms with E-state index in [1.54, 1.807) is 0 Å². The lowest BCUT2D eigenvalue weighted by Crippen LogP contribution is -2.29. The molecule has 4 nitrogen and oxygen atoms in total. The van der Waals surface area contributed by atoms with Crippen molar-refractivity contribution in [1.82, 2.24) is 4.98 Å². The Labute approximate surface area is 122 Å². The molecule has 4 N–H and O–H groups in total. The summed E-state index contributed by atoms with van der Waals surface area (Å²) in [5.74, 6) is 5.39. The van der Waals surface area contributed by atoms with Crippen molar-refractivity contribution < 1.29 is 13.2 Å². The molecule has 0 amide bonds. The third-order valence-electron chi connectivity index (χ3n) is 4.06. The number of hydrogen-bond donors (Lipinski definition) is 3. The Kier molecular flexibility index (Phi) is 4.61. The van der Waals surface area contributed by atoms with Gasteiger partial charge in [0.25, 0.3) is 0 Å². The van der Waals surface area contributed by atoms with E-state index >= 15 is 0 Å². The fourth-order valence-corrected chi connectivity index (χ4v) is 2.74. The molecular weight excluding hydrogens is 281 g/mol. The summed E-state index contributed by atoms with van der Waals surface area (Å²) in [6, 6.07) is 1.92. The van der Waals surface area contributed by atoms with Crippen LogP contribution in [0.2, 0.25) is 0 Å². The summed E-state index contributed by atoms with van der Waals surface area (Å²) in [7, 11) is 0. The average Bonchev–Trinajstić information content (AvgIpc) is 2.45. The van der Waals surface area contributed by atoms with Gasteiger partial charge in [-0.15, -0.1) is 0 Å². The summed E-state index contributed by atoms with van der Waals surface area (Å²) in [5, 5.41) is 3.04. The van der Waals surface area contributed by atoms with Crippen LogP contribution in [0.4, 0.5) is 24.8 Å². The zero-order valence-electron chi connectivity index (χ0n) is 12.1. The molecule has 1 fully saturated rings. The Morgan fingerprint density at radius 1 is 1.19 bits per heavy atom. The number of alkyl halides is 3. The van der Waals surface area contributed by atoms with Crippen LogP contribution >= 0.6 is 0 Å². The minimum atomic E-state index is -4.42. The van der Waals surface area contributed by atoms with E-state index in [0.717, 1.165) is 25.0 Å². The molecule has 0 bridgehead atoms. The second kappa shape index (κ2) is 6.09. The molecule has 7 heteroatoms. The van der Waals surface area contributed by atoms with Crippen molar-refractivity contribution in [3.05, 3.63) is 17.7 Å². The number of halogens is 3. The lowest BCUT2D eigenvalue weighted by atomic mass is 9.76.